The van der Waals surface area contributed by atoms with Crippen molar-refractivity contribution in [2.45, 2.75) is 32.7 Å². The molecule has 0 aromatic heterocycles. The van der Waals surface area contributed by atoms with E-state index >= 15 is 0 Å². The van der Waals surface area contributed by atoms with Crippen molar-refractivity contribution in [3.05, 3.63) is 54.1 Å². The first kappa shape index (κ1) is 19.4. The molecular weight excluding hydrogens is 356 g/mol. The molecule has 2 aromatic carbocycles. The molecule has 2 aromatic rings. The van der Waals surface area contributed by atoms with E-state index in [4.69, 9.17) is 0 Å². The van der Waals surface area contributed by atoms with Crippen LogP contribution in [-0.2, 0) is 9.59 Å². The van der Waals surface area contributed by atoms with Gasteiger partial charge in [-0.15, -0.1) is 0 Å². The summed E-state index contributed by atoms with van der Waals surface area (Å²) in [6.45, 7) is 3.93. The molecule has 1 aliphatic heterocycles. The molecule has 0 radical (unpaired) electrons. The summed E-state index contributed by atoms with van der Waals surface area (Å²) in [5, 5.41) is 8.37. The van der Waals surface area contributed by atoms with Crippen LogP contribution in [0.3, 0.4) is 0 Å². The molecule has 4 amide bonds. The summed E-state index contributed by atoms with van der Waals surface area (Å²) in [5.74, 6) is -0.422. The maximum Gasteiger partial charge on any atom is 0.322 e. The van der Waals surface area contributed by atoms with Crippen molar-refractivity contribution in [1.29, 1.82) is 0 Å². The normalized spacial score (nSPS) is 15.8. The van der Waals surface area contributed by atoms with Gasteiger partial charge in [-0.05, 0) is 50.1 Å². The number of nitrogens with one attached hydrogen (secondary N) is 3. The number of rotatable bonds is 4. The van der Waals surface area contributed by atoms with Gasteiger partial charge in [-0.1, -0.05) is 23.8 Å². The molecule has 0 aliphatic carbocycles. The summed E-state index contributed by atoms with van der Waals surface area (Å²) in [5.41, 5.74) is 2.98. The molecule has 1 saturated heterocycles. The molecule has 1 heterocycles. The number of likely N-dealkylation sites (tertiary alicyclic amines) is 1. The number of benzene rings is 2. The SMILES string of the molecule is CC(=O)Nc1cccc(NC(=O)[C@@H]2CCCN2C(=O)Nc2ccc(C)cc2)c1. The van der Waals surface area contributed by atoms with Crippen molar-refractivity contribution in [3.8, 4) is 0 Å². The minimum absolute atomic E-state index is 0.182. The largest absolute Gasteiger partial charge is 0.326 e. The van der Waals surface area contributed by atoms with Crippen LogP contribution in [0.4, 0.5) is 21.9 Å². The summed E-state index contributed by atoms with van der Waals surface area (Å²) in [7, 11) is 0. The highest BCUT2D eigenvalue weighted by Crippen LogP contribution is 2.22. The smallest absolute Gasteiger partial charge is 0.322 e. The number of hydrogen-bond acceptors (Lipinski definition) is 3. The summed E-state index contributed by atoms with van der Waals surface area (Å²) < 4.78 is 0. The van der Waals surface area contributed by atoms with Crippen LogP contribution in [-0.4, -0.2) is 35.3 Å². The molecule has 0 bridgehead atoms. The van der Waals surface area contributed by atoms with Gasteiger partial charge in [-0.2, -0.15) is 0 Å². The minimum atomic E-state index is -0.533. The molecule has 1 aliphatic rings. The van der Waals surface area contributed by atoms with Crippen molar-refractivity contribution in [2.75, 3.05) is 22.5 Å². The minimum Gasteiger partial charge on any atom is -0.326 e. The molecule has 7 nitrogen and oxygen atoms in total. The van der Waals surface area contributed by atoms with Gasteiger partial charge in [-0.25, -0.2) is 4.79 Å². The summed E-state index contributed by atoms with van der Waals surface area (Å²) in [6, 6.07) is 13.6. The molecule has 1 fully saturated rings. The third-order valence-corrected chi connectivity index (χ3v) is 4.57. The van der Waals surface area contributed by atoms with Crippen molar-refractivity contribution in [3.63, 3.8) is 0 Å². The second kappa shape index (κ2) is 8.56. The number of amides is 4. The molecule has 146 valence electrons. The zero-order chi connectivity index (χ0) is 20.1. The predicted molar refractivity (Wildman–Crippen MR) is 109 cm³/mol. The lowest BCUT2D eigenvalue weighted by atomic mass is 10.2. The third kappa shape index (κ3) is 4.88. The van der Waals surface area contributed by atoms with Crippen molar-refractivity contribution >= 4 is 34.9 Å². The third-order valence-electron chi connectivity index (χ3n) is 4.57. The maximum atomic E-state index is 12.7. The van der Waals surface area contributed by atoms with Crippen LogP contribution in [0, 0.1) is 6.92 Å². The van der Waals surface area contributed by atoms with E-state index in [1.807, 2.05) is 31.2 Å². The van der Waals surface area contributed by atoms with Crippen LogP contribution < -0.4 is 16.0 Å². The standard InChI is InChI=1S/C21H24N4O3/c1-14-8-10-16(11-9-14)24-21(28)25-12-4-7-19(25)20(27)23-18-6-3-5-17(13-18)22-15(2)26/h3,5-6,8-11,13,19H,4,7,12H2,1-2H3,(H,22,26)(H,23,27)(H,24,28)/t19-/m0/s1. The maximum absolute atomic E-state index is 12.7. The fourth-order valence-corrected chi connectivity index (χ4v) is 3.22. The Hall–Kier alpha value is -3.35. The molecule has 0 spiro atoms. The number of carbonyl (C=O) groups excluding carboxylic acids is 3. The number of nitrogens with zero attached hydrogens (tertiary/aromatic N) is 1. The second-order valence-electron chi connectivity index (χ2n) is 6.90. The van der Waals surface area contributed by atoms with Crippen LogP contribution in [0.1, 0.15) is 25.3 Å². The molecule has 7 heteroatoms. The van der Waals surface area contributed by atoms with E-state index < -0.39 is 6.04 Å². The highest BCUT2D eigenvalue weighted by atomic mass is 16.2. The van der Waals surface area contributed by atoms with Gasteiger partial charge < -0.3 is 20.9 Å². The summed E-state index contributed by atoms with van der Waals surface area (Å²) in [6.07, 6.45) is 1.38. The monoisotopic (exact) mass is 380 g/mol. The number of carbonyl (C=O) groups is 3. The highest BCUT2D eigenvalue weighted by molar-refractivity contribution is 6.00. The number of hydrogen-bond donors (Lipinski definition) is 3. The molecule has 1 atom stereocenters. The summed E-state index contributed by atoms with van der Waals surface area (Å²) in [4.78, 5) is 38.1. The van der Waals surface area contributed by atoms with Gasteiger partial charge in [-0.3, -0.25) is 9.59 Å². The Kier molecular flexibility index (Phi) is 5.93. The lowest BCUT2D eigenvalue weighted by Crippen LogP contribution is -2.45. The second-order valence-corrected chi connectivity index (χ2v) is 6.90. The van der Waals surface area contributed by atoms with E-state index in [0.717, 1.165) is 12.0 Å². The molecule has 3 N–H and O–H groups in total. The fraction of sp³-hybridized carbons (Fsp3) is 0.286. The van der Waals surface area contributed by atoms with E-state index in [1.54, 1.807) is 29.2 Å². The highest BCUT2D eigenvalue weighted by Gasteiger charge is 2.34. The van der Waals surface area contributed by atoms with Crippen LogP contribution >= 0.6 is 0 Å². The van der Waals surface area contributed by atoms with Crippen molar-refractivity contribution in [1.82, 2.24) is 4.90 Å². The van der Waals surface area contributed by atoms with Gasteiger partial charge >= 0.3 is 6.03 Å². The van der Waals surface area contributed by atoms with Gasteiger partial charge in [0.2, 0.25) is 11.8 Å². The summed E-state index contributed by atoms with van der Waals surface area (Å²) >= 11 is 0. The molecule has 28 heavy (non-hydrogen) atoms. The number of anilines is 3. The zero-order valence-corrected chi connectivity index (χ0v) is 16.0. The molecule has 0 saturated carbocycles. The Morgan fingerprint density at radius 1 is 0.929 bits per heavy atom. The van der Waals surface area contributed by atoms with Crippen LogP contribution in [0.15, 0.2) is 48.5 Å². The molecular formula is C21H24N4O3. The number of aryl methyl sites for hydroxylation is 1. The van der Waals surface area contributed by atoms with Crippen molar-refractivity contribution in [2.24, 2.45) is 0 Å². The van der Waals surface area contributed by atoms with Crippen LogP contribution in [0.2, 0.25) is 0 Å². The first-order chi connectivity index (χ1) is 13.4. The van der Waals surface area contributed by atoms with Crippen LogP contribution in [0.5, 0.6) is 0 Å². The van der Waals surface area contributed by atoms with Crippen molar-refractivity contribution < 1.29 is 14.4 Å². The van der Waals surface area contributed by atoms with Gasteiger partial charge in [0, 0.05) is 30.5 Å². The fourth-order valence-electron chi connectivity index (χ4n) is 3.22. The van der Waals surface area contributed by atoms with Gasteiger partial charge in [0.25, 0.3) is 0 Å². The first-order valence-corrected chi connectivity index (χ1v) is 9.25. The Balaban J connectivity index is 1.65. The Bertz CT molecular complexity index is 879. The predicted octanol–water partition coefficient (Wildman–Crippen LogP) is 3.59. The van der Waals surface area contributed by atoms with E-state index in [0.29, 0.717) is 30.0 Å². The van der Waals surface area contributed by atoms with Gasteiger partial charge in [0.1, 0.15) is 6.04 Å². The van der Waals surface area contributed by atoms with E-state index in [9.17, 15) is 14.4 Å². The van der Waals surface area contributed by atoms with E-state index in [1.165, 1.54) is 6.92 Å². The van der Waals surface area contributed by atoms with E-state index in [-0.39, 0.29) is 17.8 Å². The molecule has 0 unspecified atom stereocenters. The lowest BCUT2D eigenvalue weighted by molar-refractivity contribution is -0.119. The van der Waals surface area contributed by atoms with Gasteiger partial charge in [0.05, 0.1) is 0 Å². The van der Waals surface area contributed by atoms with E-state index in [2.05, 4.69) is 16.0 Å². The molecule has 3 rings (SSSR count). The Morgan fingerprint density at radius 3 is 2.29 bits per heavy atom. The Labute approximate surface area is 164 Å². The zero-order valence-electron chi connectivity index (χ0n) is 16.0. The lowest BCUT2D eigenvalue weighted by Gasteiger charge is -2.24. The first-order valence-electron chi connectivity index (χ1n) is 9.25. The quantitative estimate of drug-likeness (QED) is 0.757. The topological polar surface area (TPSA) is 90.5 Å². The average Bonchev–Trinajstić information content (AvgIpc) is 3.13. The number of urea groups is 1. The average molecular weight is 380 g/mol. The van der Waals surface area contributed by atoms with Crippen LogP contribution in [0.25, 0.3) is 0 Å². The van der Waals surface area contributed by atoms with Gasteiger partial charge in [0.15, 0.2) is 0 Å². The Morgan fingerprint density at radius 2 is 1.61 bits per heavy atom.